The maximum absolute atomic E-state index is 13.3. The van der Waals surface area contributed by atoms with Crippen molar-refractivity contribution in [1.82, 2.24) is 5.32 Å². The van der Waals surface area contributed by atoms with Gasteiger partial charge in [-0.3, -0.25) is 0 Å². The quantitative estimate of drug-likeness (QED) is 0.819. The summed E-state index contributed by atoms with van der Waals surface area (Å²) in [5.41, 5.74) is 1.14. The molecule has 112 valence electrons. The Balaban J connectivity index is 2.02. The number of nitrogens with one attached hydrogen (secondary N) is 1. The fraction of sp³-hybridized carbons (Fsp3) is 0.647. The van der Waals surface area contributed by atoms with E-state index in [1.807, 2.05) is 0 Å². The van der Waals surface area contributed by atoms with Crippen LogP contribution in [0, 0.1) is 23.0 Å². The van der Waals surface area contributed by atoms with Crippen molar-refractivity contribution >= 4 is 0 Å². The number of rotatable bonds is 6. The van der Waals surface area contributed by atoms with Crippen molar-refractivity contribution in [2.75, 3.05) is 13.1 Å². The zero-order chi connectivity index (χ0) is 14.6. The molecular weight excluding hydrogens is 256 g/mol. The first kappa shape index (κ1) is 15.4. The monoisotopic (exact) mass is 281 g/mol. The molecule has 0 radical (unpaired) electrons. The summed E-state index contributed by atoms with van der Waals surface area (Å²) < 4.78 is 26.4. The molecule has 3 heteroatoms. The fourth-order valence-electron chi connectivity index (χ4n) is 3.25. The second kappa shape index (κ2) is 6.66. The maximum Gasteiger partial charge on any atom is 0.159 e. The predicted octanol–water partition coefficient (Wildman–Crippen LogP) is 4.31. The highest BCUT2D eigenvalue weighted by molar-refractivity contribution is 5.20. The second-order valence-electron chi connectivity index (χ2n) is 6.66. The Labute approximate surface area is 120 Å². The third kappa shape index (κ3) is 4.02. The van der Waals surface area contributed by atoms with Gasteiger partial charge in [-0.05, 0) is 54.8 Å². The van der Waals surface area contributed by atoms with Crippen LogP contribution in [-0.2, 0) is 6.42 Å². The molecule has 0 bridgehead atoms. The standard InChI is InChI=1S/C17H25F2N/c1-13(2)11-20-12-17(7-3-4-8-17)10-14-5-6-15(18)16(19)9-14/h5-6,9,13,20H,3-4,7-8,10-12H2,1-2H3. The van der Waals surface area contributed by atoms with E-state index >= 15 is 0 Å². The number of halogens is 2. The van der Waals surface area contributed by atoms with E-state index < -0.39 is 11.6 Å². The summed E-state index contributed by atoms with van der Waals surface area (Å²) in [4.78, 5) is 0. The summed E-state index contributed by atoms with van der Waals surface area (Å²) in [5.74, 6) is -0.852. The largest absolute Gasteiger partial charge is 0.316 e. The van der Waals surface area contributed by atoms with E-state index in [1.165, 1.54) is 37.8 Å². The summed E-state index contributed by atoms with van der Waals surface area (Å²) in [7, 11) is 0. The van der Waals surface area contributed by atoms with Crippen molar-refractivity contribution in [3.8, 4) is 0 Å². The van der Waals surface area contributed by atoms with Gasteiger partial charge in [0.1, 0.15) is 0 Å². The highest BCUT2D eigenvalue weighted by Gasteiger charge is 2.33. The Kier molecular flexibility index (Phi) is 5.14. The van der Waals surface area contributed by atoms with Gasteiger partial charge in [-0.1, -0.05) is 32.8 Å². The molecule has 0 unspecified atom stereocenters. The lowest BCUT2D eigenvalue weighted by Gasteiger charge is -2.30. The molecule has 0 heterocycles. The van der Waals surface area contributed by atoms with E-state index in [-0.39, 0.29) is 5.41 Å². The van der Waals surface area contributed by atoms with Gasteiger partial charge in [-0.2, -0.15) is 0 Å². The van der Waals surface area contributed by atoms with Gasteiger partial charge < -0.3 is 5.32 Å². The molecule has 1 saturated carbocycles. The van der Waals surface area contributed by atoms with Gasteiger partial charge in [0.15, 0.2) is 11.6 Å². The van der Waals surface area contributed by atoms with E-state index in [9.17, 15) is 8.78 Å². The Morgan fingerprint density at radius 2 is 1.85 bits per heavy atom. The van der Waals surface area contributed by atoms with E-state index in [4.69, 9.17) is 0 Å². The number of hydrogen-bond donors (Lipinski definition) is 1. The molecular formula is C17H25F2N. The second-order valence-corrected chi connectivity index (χ2v) is 6.66. The van der Waals surface area contributed by atoms with Gasteiger partial charge in [0.25, 0.3) is 0 Å². The average Bonchev–Trinajstić information content (AvgIpc) is 2.82. The Morgan fingerprint density at radius 3 is 2.45 bits per heavy atom. The molecule has 0 aromatic heterocycles. The Bertz CT molecular complexity index is 437. The van der Waals surface area contributed by atoms with E-state index in [0.717, 1.165) is 25.1 Å². The SMILES string of the molecule is CC(C)CNCC1(Cc2ccc(F)c(F)c2)CCCC1. The van der Waals surface area contributed by atoms with Crippen molar-refractivity contribution in [3.63, 3.8) is 0 Å². The Hall–Kier alpha value is -0.960. The summed E-state index contributed by atoms with van der Waals surface area (Å²) in [6.07, 6.45) is 5.68. The van der Waals surface area contributed by atoms with E-state index in [0.29, 0.717) is 5.92 Å². The van der Waals surface area contributed by atoms with Gasteiger partial charge >= 0.3 is 0 Å². The maximum atomic E-state index is 13.3. The average molecular weight is 281 g/mol. The predicted molar refractivity (Wildman–Crippen MR) is 78.7 cm³/mol. The normalized spacial score (nSPS) is 17.9. The first-order valence-electron chi connectivity index (χ1n) is 7.65. The van der Waals surface area contributed by atoms with Gasteiger partial charge in [0.05, 0.1) is 0 Å². The van der Waals surface area contributed by atoms with Crippen molar-refractivity contribution < 1.29 is 8.78 Å². The molecule has 0 spiro atoms. The summed E-state index contributed by atoms with van der Waals surface area (Å²) >= 11 is 0. The molecule has 0 aliphatic heterocycles. The molecule has 0 amide bonds. The topological polar surface area (TPSA) is 12.0 Å². The zero-order valence-electron chi connectivity index (χ0n) is 12.5. The summed E-state index contributed by atoms with van der Waals surface area (Å²) in [5, 5.41) is 3.55. The smallest absolute Gasteiger partial charge is 0.159 e. The summed E-state index contributed by atoms with van der Waals surface area (Å²) in [6.45, 7) is 6.39. The number of benzene rings is 1. The van der Waals surface area contributed by atoms with Crippen LogP contribution < -0.4 is 5.32 Å². The van der Waals surface area contributed by atoms with Crippen LogP contribution in [0.25, 0.3) is 0 Å². The van der Waals surface area contributed by atoms with Crippen LogP contribution in [-0.4, -0.2) is 13.1 Å². The van der Waals surface area contributed by atoms with E-state index in [1.54, 1.807) is 6.07 Å². The van der Waals surface area contributed by atoms with Gasteiger partial charge in [0.2, 0.25) is 0 Å². The minimum absolute atomic E-state index is 0.221. The molecule has 2 rings (SSSR count). The lowest BCUT2D eigenvalue weighted by molar-refractivity contribution is 0.272. The first-order chi connectivity index (χ1) is 9.51. The molecule has 1 nitrogen and oxygen atoms in total. The number of hydrogen-bond acceptors (Lipinski definition) is 1. The molecule has 1 aromatic rings. The van der Waals surface area contributed by atoms with Crippen molar-refractivity contribution in [2.45, 2.75) is 46.0 Å². The van der Waals surface area contributed by atoms with Gasteiger partial charge in [0, 0.05) is 6.54 Å². The van der Waals surface area contributed by atoms with Crippen LogP contribution in [0.3, 0.4) is 0 Å². The van der Waals surface area contributed by atoms with Crippen LogP contribution in [0.5, 0.6) is 0 Å². The highest BCUT2D eigenvalue weighted by atomic mass is 19.2. The molecule has 0 atom stereocenters. The fourth-order valence-corrected chi connectivity index (χ4v) is 3.25. The molecule has 0 saturated heterocycles. The Morgan fingerprint density at radius 1 is 1.15 bits per heavy atom. The minimum Gasteiger partial charge on any atom is -0.316 e. The molecule has 1 fully saturated rings. The molecule has 1 aromatic carbocycles. The minimum atomic E-state index is -0.757. The van der Waals surface area contributed by atoms with Crippen LogP contribution in [0.2, 0.25) is 0 Å². The third-order valence-electron chi connectivity index (χ3n) is 4.28. The first-order valence-corrected chi connectivity index (χ1v) is 7.65. The van der Waals surface area contributed by atoms with Gasteiger partial charge in [-0.15, -0.1) is 0 Å². The molecule has 1 aliphatic rings. The van der Waals surface area contributed by atoms with Gasteiger partial charge in [-0.25, -0.2) is 8.78 Å². The van der Waals surface area contributed by atoms with Crippen LogP contribution >= 0.6 is 0 Å². The zero-order valence-corrected chi connectivity index (χ0v) is 12.5. The lowest BCUT2D eigenvalue weighted by Crippen LogP contribution is -2.35. The third-order valence-corrected chi connectivity index (χ3v) is 4.28. The highest BCUT2D eigenvalue weighted by Crippen LogP contribution is 2.40. The van der Waals surface area contributed by atoms with E-state index in [2.05, 4.69) is 19.2 Å². The van der Waals surface area contributed by atoms with Crippen LogP contribution in [0.1, 0.15) is 45.1 Å². The van der Waals surface area contributed by atoms with Crippen LogP contribution in [0.4, 0.5) is 8.78 Å². The molecule has 1 N–H and O–H groups in total. The van der Waals surface area contributed by atoms with Crippen molar-refractivity contribution in [2.24, 2.45) is 11.3 Å². The molecule has 20 heavy (non-hydrogen) atoms. The summed E-state index contributed by atoms with van der Waals surface area (Å²) in [6, 6.07) is 4.33. The lowest BCUT2D eigenvalue weighted by atomic mass is 9.80. The molecule has 1 aliphatic carbocycles. The van der Waals surface area contributed by atoms with Crippen molar-refractivity contribution in [3.05, 3.63) is 35.4 Å². The van der Waals surface area contributed by atoms with Crippen molar-refractivity contribution in [1.29, 1.82) is 0 Å². The van der Waals surface area contributed by atoms with Crippen LogP contribution in [0.15, 0.2) is 18.2 Å².